The maximum Gasteiger partial charge on any atom is 0.271 e. The van der Waals surface area contributed by atoms with Gasteiger partial charge in [0.1, 0.15) is 11.5 Å². The van der Waals surface area contributed by atoms with Gasteiger partial charge in [0.2, 0.25) is 5.95 Å². The zero-order valence-corrected chi connectivity index (χ0v) is 27.4. The fraction of sp³-hybridized carbons (Fsp3) is 0.424. The Morgan fingerprint density at radius 2 is 1.78 bits per heavy atom. The number of amides is 2. The predicted octanol–water partition coefficient (Wildman–Crippen LogP) is 5.90. The van der Waals surface area contributed by atoms with Gasteiger partial charge in [0.25, 0.3) is 11.8 Å². The number of anilines is 4. The van der Waals surface area contributed by atoms with Gasteiger partial charge in [0.15, 0.2) is 0 Å². The number of benzene rings is 2. The number of fused-ring (bicyclic) bond motifs is 2. The van der Waals surface area contributed by atoms with Crippen LogP contribution in [0.4, 0.5) is 23.1 Å². The van der Waals surface area contributed by atoms with E-state index in [1.165, 1.54) is 25.2 Å². The summed E-state index contributed by atoms with van der Waals surface area (Å²) in [5.74, 6) is 2.05. The smallest absolute Gasteiger partial charge is 0.271 e. The Balaban J connectivity index is 1.15. The second-order valence-electron chi connectivity index (χ2n) is 12.6. The third-order valence-corrected chi connectivity index (χ3v) is 10.2. The highest BCUT2D eigenvalue weighted by atomic mass is 35.5. The second kappa shape index (κ2) is 12.6. The number of carbonyl (C=O) groups excluding carboxylic acids is 2. The topological polar surface area (TPSA) is 129 Å². The van der Waals surface area contributed by atoms with E-state index in [-0.39, 0.29) is 30.1 Å². The molecule has 0 spiro atoms. The fourth-order valence-electron chi connectivity index (χ4n) is 6.71. The minimum absolute atomic E-state index is 0.0333. The third kappa shape index (κ3) is 6.05. The number of aryl methyl sites for hydroxylation is 1. The monoisotopic (exact) mass is 661 g/mol. The number of carbonyl (C=O) groups is 2. The Kier molecular flexibility index (Phi) is 8.37. The number of aromatic nitrogens is 4. The largest absolute Gasteiger partial charge is 0.372 e. The molecule has 3 aliphatic rings. The van der Waals surface area contributed by atoms with Crippen LogP contribution >= 0.6 is 23.2 Å². The van der Waals surface area contributed by atoms with Gasteiger partial charge in [-0.1, -0.05) is 48.5 Å². The molecule has 240 valence electrons. The zero-order chi connectivity index (χ0) is 31.9. The highest BCUT2D eigenvalue weighted by molar-refractivity contribution is 6.39. The summed E-state index contributed by atoms with van der Waals surface area (Å²) in [6.45, 7) is 2.11. The number of nitrogens with zero attached hydrogens (tertiary/aromatic N) is 5. The number of halogens is 2. The molecule has 2 atom stereocenters. The molecule has 4 aromatic rings. The Morgan fingerprint density at radius 3 is 2.54 bits per heavy atom. The molecule has 3 fully saturated rings. The molecule has 0 radical (unpaired) electrons. The summed E-state index contributed by atoms with van der Waals surface area (Å²) < 4.78 is 1.95. The molecule has 7 rings (SSSR count). The lowest BCUT2D eigenvalue weighted by Crippen LogP contribution is -2.37. The molecule has 1 saturated heterocycles. The molecule has 13 heteroatoms. The van der Waals surface area contributed by atoms with Crippen molar-refractivity contribution in [1.82, 2.24) is 30.2 Å². The van der Waals surface area contributed by atoms with Crippen LogP contribution in [-0.4, -0.2) is 57.5 Å². The summed E-state index contributed by atoms with van der Waals surface area (Å²) in [4.78, 5) is 42.0. The summed E-state index contributed by atoms with van der Waals surface area (Å²) in [7, 11) is 3.64. The molecule has 2 saturated carbocycles. The molecule has 11 nitrogen and oxygen atoms in total. The summed E-state index contributed by atoms with van der Waals surface area (Å²) >= 11 is 13.5. The molecule has 2 aromatic carbocycles. The van der Waals surface area contributed by atoms with Crippen molar-refractivity contribution in [3.8, 4) is 0 Å². The molecule has 2 aliphatic carbocycles. The highest BCUT2D eigenvalue weighted by Crippen LogP contribution is 2.47. The van der Waals surface area contributed by atoms with Crippen molar-refractivity contribution < 1.29 is 9.59 Å². The second-order valence-corrected chi connectivity index (χ2v) is 13.3. The van der Waals surface area contributed by atoms with E-state index in [0.29, 0.717) is 44.1 Å². The molecule has 46 heavy (non-hydrogen) atoms. The lowest BCUT2D eigenvalue weighted by atomic mass is 9.95. The van der Waals surface area contributed by atoms with Crippen LogP contribution in [0.1, 0.15) is 64.9 Å². The van der Waals surface area contributed by atoms with Gasteiger partial charge in [-0.3, -0.25) is 14.6 Å². The quantitative estimate of drug-likeness (QED) is 0.174. The molecule has 2 aromatic heterocycles. The van der Waals surface area contributed by atoms with Gasteiger partial charge >= 0.3 is 0 Å². The number of hydrogen-bond donors (Lipinski definition) is 4. The fourth-order valence-corrected chi connectivity index (χ4v) is 7.24. The average Bonchev–Trinajstić information content (AvgIpc) is 3.56. The molecule has 2 unspecified atom stereocenters. The van der Waals surface area contributed by atoms with Crippen molar-refractivity contribution in [2.75, 3.05) is 35.7 Å². The van der Waals surface area contributed by atoms with Crippen LogP contribution in [0.15, 0.2) is 36.7 Å². The van der Waals surface area contributed by atoms with Crippen LogP contribution in [0.3, 0.4) is 0 Å². The maximum absolute atomic E-state index is 13.7. The van der Waals surface area contributed by atoms with Crippen LogP contribution < -0.4 is 26.2 Å². The number of rotatable bonds is 9. The lowest BCUT2D eigenvalue weighted by molar-refractivity contribution is 0.0925. The van der Waals surface area contributed by atoms with Crippen LogP contribution in [0.25, 0.3) is 11.0 Å². The van der Waals surface area contributed by atoms with Crippen molar-refractivity contribution >= 4 is 69.2 Å². The van der Waals surface area contributed by atoms with Gasteiger partial charge < -0.3 is 30.7 Å². The first-order valence-corrected chi connectivity index (χ1v) is 16.6. The average molecular weight is 663 g/mol. The van der Waals surface area contributed by atoms with E-state index in [1.807, 2.05) is 17.7 Å². The van der Waals surface area contributed by atoms with E-state index < -0.39 is 0 Å². The molecular formula is C33H37Cl2N9O2. The predicted molar refractivity (Wildman–Crippen MR) is 181 cm³/mol. The molecule has 4 N–H and O–H groups in total. The Hall–Kier alpha value is -4.09. The standard InChI is InChI=1S/C33H37Cl2N9O2/c1-36-28-15-37-14-25(40-28)32(46)38-13-18-8-9-23(34)30(29(18)35)42-33-41-24-11-22(31(45)39-21-6-4-3-5-7-21)26(12-27(24)43(33)2)44-16-19-10-20(19)17-44/h8-9,11-12,14-15,19-21H,3-7,10,13,16-17H2,1-2H3,(H,36,40)(H,38,46)(H,39,45)(H,41,42). The van der Waals surface area contributed by atoms with E-state index in [1.54, 1.807) is 19.2 Å². The number of hydrogen-bond acceptors (Lipinski definition) is 8. The third-order valence-electron chi connectivity index (χ3n) is 9.47. The van der Waals surface area contributed by atoms with Crippen LogP contribution in [0, 0.1) is 11.8 Å². The van der Waals surface area contributed by atoms with E-state index in [4.69, 9.17) is 28.2 Å². The molecule has 0 bridgehead atoms. The van der Waals surface area contributed by atoms with Gasteiger partial charge in [-0.15, -0.1) is 0 Å². The van der Waals surface area contributed by atoms with Gasteiger partial charge in [-0.25, -0.2) is 9.97 Å². The Morgan fingerprint density at radius 1 is 1.00 bits per heavy atom. The Labute approximate surface area is 277 Å². The molecular weight excluding hydrogens is 625 g/mol. The van der Waals surface area contributed by atoms with E-state index in [0.717, 1.165) is 61.8 Å². The minimum Gasteiger partial charge on any atom is -0.372 e. The van der Waals surface area contributed by atoms with Gasteiger partial charge in [0, 0.05) is 39.8 Å². The summed E-state index contributed by atoms with van der Waals surface area (Å²) in [5, 5.41) is 13.1. The van der Waals surface area contributed by atoms with Gasteiger partial charge in [-0.2, -0.15) is 0 Å². The van der Waals surface area contributed by atoms with Crippen LogP contribution in [0.5, 0.6) is 0 Å². The zero-order valence-electron chi connectivity index (χ0n) is 25.9. The van der Waals surface area contributed by atoms with Crippen LogP contribution in [-0.2, 0) is 13.6 Å². The Bertz CT molecular complexity index is 1810. The SMILES string of the molecule is CNc1cncc(C(=O)NCc2ccc(Cl)c(Nc3nc4cc(C(=O)NC5CCCCC5)c(N5CC6CC6C5)cc4n3C)c2Cl)n1. The molecule has 2 amide bonds. The van der Waals surface area contributed by atoms with E-state index >= 15 is 0 Å². The first-order valence-electron chi connectivity index (χ1n) is 15.9. The molecule has 3 heterocycles. The number of nitrogens with one attached hydrogen (secondary N) is 4. The maximum atomic E-state index is 13.7. The van der Waals surface area contributed by atoms with Crippen molar-refractivity contribution in [1.29, 1.82) is 0 Å². The summed E-state index contributed by atoms with van der Waals surface area (Å²) in [5.41, 5.74) is 4.55. The van der Waals surface area contributed by atoms with E-state index in [2.05, 4.69) is 42.2 Å². The summed E-state index contributed by atoms with van der Waals surface area (Å²) in [6, 6.07) is 7.72. The summed E-state index contributed by atoms with van der Waals surface area (Å²) in [6.07, 6.45) is 9.81. The minimum atomic E-state index is -0.380. The van der Waals surface area contributed by atoms with Crippen molar-refractivity contribution in [2.45, 2.75) is 51.1 Å². The molecule has 1 aliphatic heterocycles. The van der Waals surface area contributed by atoms with Gasteiger partial charge in [-0.05, 0) is 54.9 Å². The van der Waals surface area contributed by atoms with Crippen LogP contribution in [0.2, 0.25) is 10.0 Å². The van der Waals surface area contributed by atoms with Crippen molar-refractivity contribution in [3.63, 3.8) is 0 Å². The highest BCUT2D eigenvalue weighted by Gasteiger charge is 2.45. The first-order chi connectivity index (χ1) is 22.3. The number of imidazole rings is 1. The number of piperidine rings is 1. The van der Waals surface area contributed by atoms with E-state index in [9.17, 15) is 9.59 Å². The lowest BCUT2D eigenvalue weighted by Gasteiger charge is -2.26. The van der Waals surface area contributed by atoms with Gasteiger partial charge in [0.05, 0.1) is 50.4 Å². The normalized spacial score (nSPS) is 19.2. The van der Waals surface area contributed by atoms with Crippen molar-refractivity contribution in [3.05, 3.63) is 63.5 Å². The van der Waals surface area contributed by atoms with Crippen molar-refractivity contribution in [2.24, 2.45) is 18.9 Å². The first kappa shape index (κ1) is 30.6.